The van der Waals surface area contributed by atoms with Crippen LogP contribution in [-0.4, -0.2) is 32.3 Å². The number of para-hydroxylation sites is 1. The van der Waals surface area contributed by atoms with Crippen molar-refractivity contribution in [3.8, 4) is 5.75 Å². The Morgan fingerprint density at radius 2 is 1.89 bits per heavy atom. The van der Waals surface area contributed by atoms with Crippen molar-refractivity contribution < 1.29 is 13.2 Å². The molecular weight excluding hydrogens is 376 g/mol. The maximum absolute atomic E-state index is 12.8. The van der Waals surface area contributed by atoms with Gasteiger partial charge in [0.05, 0.1) is 7.11 Å². The van der Waals surface area contributed by atoms with Crippen LogP contribution in [0.15, 0.2) is 59.5 Å². The van der Waals surface area contributed by atoms with Gasteiger partial charge in [0, 0.05) is 12.2 Å². The van der Waals surface area contributed by atoms with Crippen LogP contribution >= 0.6 is 0 Å². The lowest BCUT2D eigenvalue weighted by Crippen LogP contribution is -2.18. The molecule has 1 aromatic heterocycles. The minimum atomic E-state index is -3.85. The molecule has 28 heavy (non-hydrogen) atoms. The Bertz CT molecular complexity index is 1110. The first-order valence-corrected chi connectivity index (χ1v) is 10.3. The molecule has 0 unspecified atom stereocenters. The number of benzene rings is 2. The molecule has 0 saturated heterocycles. The number of anilines is 3. The standard InChI is InChI=1S/C20H20N4O3S/c1-14-7-8-17(27-2)18(13-14)28(25,26)23-19-9-10-20(22-21-19)24-12-11-15-5-3-4-6-16(15)24/h3-10,13H,11-12H2,1-2H3,(H,21,23). The fourth-order valence-electron chi connectivity index (χ4n) is 3.29. The van der Waals surface area contributed by atoms with Crippen molar-refractivity contribution in [3.05, 3.63) is 65.7 Å². The maximum Gasteiger partial charge on any atom is 0.266 e. The van der Waals surface area contributed by atoms with Gasteiger partial charge in [-0.25, -0.2) is 8.42 Å². The van der Waals surface area contributed by atoms with Gasteiger partial charge in [-0.15, -0.1) is 10.2 Å². The summed E-state index contributed by atoms with van der Waals surface area (Å²) in [4.78, 5) is 2.14. The molecule has 8 heteroatoms. The number of fused-ring (bicyclic) bond motifs is 1. The molecule has 0 bridgehead atoms. The molecule has 0 fully saturated rings. The normalized spacial score (nSPS) is 13.3. The second kappa shape index (κ2) is 7.12. The van der Waals surface area contributed by atoms with Crippen molar-refractivity contribution in [3.63, 3.8) is 0 Å². The van der Waals surface area contributed by atoms with Gasteiger partial charge >= 0.3 is 0 Å². The molecule has 7 nitrogen and oxygen atoms in total. The van der Waals surface area contributed by atoms with E-state index in [1.807, 2.05) is 25.1 Å². The Hall–Kier alpha value is -3.13. The highest BCUT2D eigenvalue weighted by atomic mass is 32.2. The van der Waals surface area contributed by atoms with Gasteiger partial charge < -0.3 is 9.64 Å². The summed E-state index contributed by atoms with van der Waals surface area (Å²) >= 11 is 0. The monoisotopic (exact) mass is 396 g/mol. The molecule has 1 aliphatic rings. The van der Waals surface area contributed by atoms with Crippen LogP contribution in [0.4, 0.5) is 17.3 Å². The predicted octanol–water partition coefficient (Wildman–Crippen LogP) is 3.29. The average Bonchev–Trinajstić information content (AvgIpc) is 3.12. The third-order valence-electron chi connectivity index (χ3n) is 4.66. The molecule has 0 radical (unpaired) electrons. The summed E-state index contributed by atoms with van der Waals surface area (Å²) in [5.41, 5.74) is 3.19. The number of sulfonamides is 1. The third-order valence-corrected chi connectivity index (χ3v) is 6.04. The smallest absolute Gasteiger partial charge is 0.266 e. The largest absolute Gasteiger partial charge is 0.495 e. The number of nitrogens with one attached hydrogen (secondary N) is 1. The summed E-state index contributed by atoms with van der Waals surface area (Å²) in [5, 5.41) is 8.28. The van der Waals surface area contributed by atoms with Crippen LogP contribution in [0.2, 0.25) is 0 Å². The highest BCUT2D eigenvalue weighted by Gasteiger charge is 2.23. The Balaban J connectivity index is 1.58. The number of ether oxygens (including phenoxy) is 1. The van der Waals surface area contributed by atoms with Crippen molar-refractivity contribution in [2.24, 2.45) is 0 Å². The number of methoxy groups -OCH3 is 1. The second-order valence-corrected chi connectivity index (χ2v) is 8.22. The number of nitrogens with zero attached hydrogens (tertiary/aromatic N) is 3. The van der Waals surface area contributed by atoms with Crippen molar-refractivity contribution in [2.45, 2.75) is 18.2 Å². The van der Waals surface area contributed by atoms with Gasteiger partial charge in [0.15, 0.2) is 11.6 Å². The van der Waals surface area contributed by atoms with Gasteiger partial charge in [-0.3, -0.25) is 4.72 Å². The van der Waals surface area contributed by atoms with Gasteiger partial charge in [0.1, 0.15) is 10.6 Å². The Morgan fingerprint density at radius 3 is 2.64 bits per heavy atom. The molecular formula is C20H20N4O3S. The second-order valence-electron chi connectivity index (χ2n) is 6.57. The topological polar surface area (TPSA) is 84.4 Å². The molecule has 2 heterocycles. The molecule has 4 rings (SSSR count). The van der Waals surface area contributed by atoms with E-state index in [9.17, 15) is 8.42 Å². The summed E-state index contributed by atoms with van der Waals surface area (Å²) in [5.74, 6) is 1.11. The van der Waals surface area contributed by atoms with Gasteiger partial charge in [0.2, 0.25) is 0 Å². The summed E-state index contributed by atoms with van der Waals surface area (Å²) < 4.78 is 33.2. The summed E-state index contributed by atoms with van der Waals surface area (Å²) in [6.45, 7) is 2.64. The molecule has 144 valence electrons. The molecule has 0 spiro atoms. The van der Waals surface area contributed by atoms with Crippen LogP contribution in [-0.2, 0) is 16.4 Å². The Morgan fingerprint density at radius 1 is 1.07 bits per heavy atom. The summed E-state index contributed by atoms with van der Waals surface area (Å²) in [7, 11) is -2.41. The van der Waals surface area contributed by atoms with Crippen LogP contribution in [0.25, 0.3) is 0 Å². The van der Waals surface area contributed by atoms with Crippen molar-refractivity contribution in [1.29, 1.82) is 0 Å². The van der Waals surface area contributed by atoms with E-state index in [4.69, 9.17) is 4.74 Å². The highest BCUT2D eigenvalue weighted by Crippen LogP contribution is 2.33. The molecule has 3 aromatic rings. The van der Waals surface area contributed by atoms with Gasteiger partial charge in [0.25, 0.3) is 10.0 Å². The number of hydrogen-bond acceptors (Lipinski definition) is 6. The zero-order chi connectivity index (χ0) is 19.7. The van der Waals surface area contributed by atoms with Crippen molar-refractivity contribution in [2.75, 3.05) is 23.3 Å². The lowest BCUT2D eigenvalue weighted by Gasteiger charge is -2.18. The van der Waals surface area contributed by atoms with Gasteiger partial charge in [-0.05, 0) is 54.8 Å². The molecule has 0 saturated carbocycles. The predicted molar refractivity (Wildman–Crippen MR) is 108 cm³/mol. The lowest BCUT2D eigenvalue weighted by molar-refractivity contribution is 0.402. The van der Waals surface area contributed by atoms with Gasteiger partial charge in [-0.2, -0.15) is 0 Å². The Kier molecular flexibility index (Phi) is 4.64. The maximum atomic E-state index is 12.8. The van der Waals surface area contributed by atoms with E-state index in [1.165, 1.54) is 12.7 Å². The first-order valence-electron chi connectivity index (χ1n) is 8.84. The van der Waals surface area contributed by atoms with E-state index < -0.39 is 10.0 Å². The number of aromatic nitrogens is 2. The summed E-state index contributed by atoms with van der Waals surface area (Å²) in [6, 6.07) is 16.5. The average molecular weight is 396 g/mol. The van der Waals surface area contributed by atoms with Crippen LogP contribution in [0.5, 0.6) is 5.75 Å². The first kappa shape index (κ1) is 18.2. The number of hydrogen-bond donors (Lipinski definition) is 1. The van der Waals surface area contributed by atoms with E-state index in [-0.39, 0.29) is 16.5 Å². The van der Waals surface area contributed by atoms with E-state index in [0.717, 1.165) is 24.2 Å². The lowest BCUT2D eigenvalue weighted by atomic mass is 10.2. The molecule has 2 aromatic carbocycles. The number of aryl methyl sites for hydroxylation is 1. The first-order chi connectivity index (χ1) is 13.5. The van der Waals surface area contributed by atoms with Crippen LogP contribution in [0.3, 0.4) is 0 Å². The van der Waals surface area contributed by atoms with E-state index in [1.54, 1.807) is 30.3 Å². The van der Waals surface area contributed by atoms with Gasteiger partial charge in [-0.1, -0.05) is 24.3 Å². The summed E-state index contributed by atoms with van der Waals surface area (Å²) in [6.07, 6.45) is 0.944. The highest BCUT2D eigenvalue weighted by molar-refractivity contribution is 7.92. The zero-order valence-corrected chi connectivity index (χ0v) is 16.4. The van der Waals surface area contributed by atoms with E-state index in [2.05, 4.69) is 25.9 Å². The Labute approximate surface area is 164 Å². The zero-order valence-electron chi connectivity index (χ0n) is 15.6. The molecule has 0 aliphatic carbocycles. The quantitative estimate of drug-likeness (QED) is 0.712. The van der Waals surface area contributed by atoms with E-state index in [0.29, 0.717) is 5.82 Å². The van der Waals surface area contributed by atoms with Crippen LogP contribution < -0.4 is 14.4 Å². The fraction of sp³-hybridized carbons (Fsp3) is 0.200. The van der Waals surface area contributed by atoms with Crippen molar-refractivity contribution in [1.82, 2.24) is 10.2 Å². The molecule has 0 atom stereocenters. The van der Waals surface area contributed by atoms with Crippen LogP contribution in [0.1, 0.15) is 11.1 Å². The molecule has 0 amide bonds. The SMILES string of the molecule is COc1ccc(C)cc1S(=O)(=O)Nc1ccc(N2CCc3ccccc32)nn1. The fourth-order valence-corrected chi connectivity index (χ4v) is 4.54. The van der Waals surface area contributed by atoms with Crippen molar-refractivity contribution >= 4 is 27.3 Å². The number of rotatable bonds is 5. The molecule has 1 N–H and O–H groups in total. The van der Waals surface area contributed by atoms with E-state index >= 15 is 0 Å². The van der Waals surface area contributed by atoms with Crippen LogP contribution in [0, 0.1) is 6.92 Å². The molecule has 1 aliphatic heterocycles. The minimum Gasteiger partial charge on any atom is -0.495 e. The third kappa shape index (κ3) is 3.38. The minimum absolute atomic E-state index is 0.0642.